The fourth-order valence-corrected chi connectivity index (χ4v) is 2.38. The van der Waals surface area contributed by atoms with Gasteiger partial charge in [-0.1, -0.05) is 11.6 Å². The van der Waals surface area contributed by atoms with E-state index in [0.29, 0.717) is 17.2 Å². The Balaban J connectivity index is 2.02. The van der Waals surface area contributed by atoms with Crippen LogP contribution < -0.4 is 10.9 Å². The third-order valence-corrected chi connectivity index (χ3v) is 3.37. The number of carbonyl (C=O) groups is 1. The summed E-state index contributed by atoms with van der Waals surface area (Å²) >= 11 is 5.88. The zero-order valence-electron chi connectivity index (χ0n) is 12.8. The average molecular weight is 346 g/mol. The van der Waals surface area contributed by atoms with E-state index < -0.39 is 11.5 Å². The van der Waals surface area contributed by atoms with Crippen molar-refractivity contribution in [2.24, 2.45) is 0 Å². The number of aromatic nitrogens is 4. The molecule has 9 heteroatoms. The number of hydrogen-bond acceptors (Lipinski definition) is 7. The summed E-state index contributed by atoms with van der Waals surface area (Å²) in [5, 5.41) is 3.43. The van der Waals surface area contributed by atoms with Crippen LogP contribution in [-0.2, 0) is 4.74 Å². The first-order valence-corrected chi connectivity index (χ1v) is 7.24. The molecule has 2 aromatic heterocycles. The molecule has 0 saturated carbocycles. The van der Waals surface area contributed by atoms with Gasteiger partial charge in [0.15, 0.2) is 0 Å². The van der Waals surface area contributed by atoms with Gasteiger partial charge < -0.3 is 10.1 Å². The monoisotopic (exact) mass is 345 g/mol. The molecule has 3 aromatic rings. The molecule has 24 heavy (non-hydrogen) atoms. The minimum absolute atomic E-state index is 0.201. The summed E-state index contributed by atoms with van der Waals surface area (Å²) in [7, 11) is 1.27. The summed E-state index contributed by atoms with van der Waals surface area (Å²) in [5.74, 6) is 0.564. The van der Waals surface area contributed by atoms with Gasteiger partial charge in [-0.15, -0.1) is 0 Å². The highest BCUT2D eigenvalue weighted by Gasteiger charge is 2.10. The lowest BCUT2D eigenvalue weighted by Gasteiger charge is -2.07. The maximum absolute atomic E-state index is 12.2. The second-order valence-corrected chi connectivity index (χ2v) is 5.27. The summed E-state index contributed by atoms with van der Waals surface area (Å²) < 4.78 is 4.64. The van der Waals surface area contributed by atoms with Gasteiger partial charge in [-0.2, -0.15) is 0 Å². The maximum atomic E-state index is 12.2. The molecular weight excluding hydrogens is 334 g/mol. The number of carbonyl (C=O) groups excluding carboxylic acids is 1. The molecule has 122 valence electrons. The third kappa shape index (κ3) is 3.18. The molecule has 0 atom stereocenters. The van der Waals surface area contributed by atoms with Crippen molar-refractivity contribution in [3.8, 4) is 0 Å². The van der Waals surface area contributed by atoms with E-state index in [9.17, 15) is 9.59 Å². The van der Waals surface area contributed by atoms with Gasteiger partial charge in [0.2, 0.25) is 5.95 Å². The van der Waals surface area contributed by atoms with Crippen molar-refractivity contribution in [1.29, 1.82) is 0 Å². The quantitative estimate of drug-likeness (QED) is 0.553. The highest BCUT2D eigenvalue weighted by atomic mass is 35.5. The summed E-state index contributed by atoms with van der Waals surface area (Å²) in [4.78, 5) is 38.8. The number of aryl methyl sites for hydroxylation is 1. The normalized spacial score (nSPS) is 10.6. The van der Waals surface area contributed by atoms with Crippen LogP contribution in [0.3, 0.4) is 0 Å². The standard InChI is InChI=1S/C15H12ClN5O3/c1-7-17-11(16)6-12(18-7)20-15-19-10-4-3-8(14(23)24-2)5-9(10)13(22)21-15/h3-6H,1-2H3,(H2,17,18,19,20,21,22). The minimum atomic E-state index is -0.524. The first kappa shape index (κ1) is 15.9. The van der Waals surface area contributed by atoms with Gasteiger partial charge in [0, 0.05) is 6.07 Å². The predicted octanol–water partition coefficient (Wildman–Crippen LogP) is 2.21. The number of nitrogens with zero attached hydrogens (tertiary/aromatic N) is 3. The van der Waals surface area contributed by atoms with Crippen molar-refractivity contribution in [2.45, 2.75) is 6.92 Å². The van der Waals surface area contributed by atoms with E-state index in [1.807, 2.05) is 0 Å². The van der Waals surface area contributed by atoms with E-state index in [1.165, 1.54) is 25.3 Å². The Bertz CT molecular complexity index is 982. The van der Waals surface area contributed by atoms with E-state index >= 15 is 0 Å². The van der Waals surface area contributed by atoms with E-state index in [2.05, 4.69) is 30.0 Å². The fraction of sp³-hybridized carbons (Fsp3) is 0.133. The number of nitrogens with one attached hydrogen (secondary N) is 2. The van der Waals surface area contributed by atoms with Crippen molar-refractivity contribution in [1.82, 2.24) is 19.9 Å². The molecule has 0 bridgehead atoms. The van der Waals surface area contributed by atoms with Gasteiger partial charge in [0.05, 0.1) is 23.6 Å². The predicted molar refractivity (Wildman–Crippen MR) is 88.8 cm³/mol. The van der Waals surface area contributed by atoms with Crippen LogP contribution in [0.15, 0.2) is 29.1 Å². The average Bonchev–Trinajstić information content (AvgIpc) is 2.53. The highest BCUT2D eigenvalue weighted by Crippen LogP contribution is 2.17. The lowest BCUT2D eigenvalue weighted by atomic mass is 10.1. The Morgan fingerprint density at radius 2 is 2.04 bits per heavy atom. The van der Waals surface area contributed by atoms with Crippen molar-refractivity contribution in [2.75, 3.05) is 12.4 Å². The van der Waals surface area contributed by atoms with Crippen LogP contribution in [0.5, 0.6) is 0 Å². The molecule has 0 spiro atoms. The Morgan fingerprint density at radius 1 is 1.25 bits per heavy atom. The van der Waals surface area contributed by atoms with Gasteiger partial charge in [0.25, 0.3) is 5.56 Å². The van der Waals surface area contributed by atoms with Crippen molar-refractivity contribution < 1.29 is 9.53 Å². The number of benzene rings is 1. The Hall–Kier alpha value is -3.00. The number of H-pyrrole nitrogens is 1. The van der Waals surface area contributed by atoms with Crippen LogP contribution in [0.1, 0.15) is 16.2 Å². The van der Waals surface area contributed by atoms with Crippen molar-refractivity contribution in [3.63, 3.8) is 0 Å². The number of rotatable bonds is 3. The van der Waals surface area contributed by atoms with Crippen LogP contribution in [0.25, 0.3) is 10.9 Å². The van der Waals surface area contributed by atoms with E-state index in [0.717, 1.165) is 0 Å². The molecule has 0 radical (unpaired) electrons. The summed E-state index contributed by atoms with van der Waals surface area (Å²) in [6.07, 6.45) is 0. The third-order valence-electron chi connectivity index (χ3n) is 3.18. The fourth-order valence-electron chi connectivity index (χ4n) is 2.16. The second-order valence-electron chi connectivity index (χ2n) is 4.89. The number of halogens is 1. The minimum Gasteiger partial charge on any atom is -0.465 e. The van der Waals surface area contributed by atoms with Crippen LogP contribution in [0, 0.1) is 6.92 Å². The SMILES string of the molecule is COC(=O)c1ccc2nc(Nc3cc(Cl)nc(C)n3)[nH]c(=O)c2c1. The summed E-state index contributed by atoms with van der Waals surface area (Å²) in [6.45, 7) is 1.70. The van der Waals surface area contributed by atoms with Gasteiger partial charge in [-0.25, -0.2) is 19.7 Å². The van der Waals surface area contributed by atoms with Crippen molar-refractivity contribution in [3.05, 3.63) is 51.2 Å². The summed E-state index contributed by atoms with van der Waals surface area (Å²) in [5.41, 5.74) is 0.298. The number of fused-ring (bicyclic) bond motifs is 1. The van der Waals surface area contributed by atoms with E-state index in [4.69, 9.17) is 11.6 Å². The largest absolute Gasteiger partial charge is 0.465 e. The Kier molecular flexibility index (Phi) is 4.13. The summed E-state index contributed by atoms with van der Waals surface area (Å²) in [6, 6.07) is 6.05. The molecule has 0 aliphatic rings. The molecule has 0 saturated heterocycles. The van der Waals surface area contributed by atoms with Crippen LogP contribution in [0.2, 0.25) is 5.15 Å². The number of methoxy groups -OCH3 is 1. The van der Waals surface area contributed by atoms with E-state index in [1.54, 1.807) is 13.0 Å². The zero-order valence-corrected chi connectivity index (χ0v) is 13.5. The molecule has 1 aromatic carbocycles. The van der Waals surface area contributed by atoms with Crippen LogP contribution in [0.4, 0.5) is 11.8 Å². The Morgan fingerprint density at radius 3 is 2.75 bits per heavy atom. The van der Waals surface area contributed by atoms with E-state index in [-0.39, 0.29) is 22.1 Å². The molecule has 2 heterocycles. The lowest BCUT2D eigenvalue weighted by Crippen LogP contribution is -2.13. The van der Waals surface area contributed by atoms with Crippen LogP contribution >= 0.6 is 11.6 Å². The number of ether oxygens (including phenoxy) is 1. The molecule has 0 unspecified atom stereocenters. The molecule has 0 fully saturated rings. The number of hydrogen-bond donors (Lipinski definition) is 2. The molecule has 8 nitrogen and oxygen atoms in total. The van der Waals surface area contributed by atoms with Gasteiger partial charge >= 0.3 is 5.97 Å². The van der Waals surface area contributed by atoms with Crippen LogP contribution in [-0.4, -0.2) is 33.0 Å². The first-order chi connectivity index (χ1) is 11.5. The second kappa shape index (κ2) is 6.25. The molecular formula is C15H12ClN5O3. The van der Waals surface area contributed by atoms with Gasteiger partial charge in [0.1, 0.15) is 16.8 Å². The molecule has 0 amide bonds. The molecule has 0 aliphatic carbocycles. The zero-order chi connectivity index (χ0) is 17.3. The van der Waals surface area contributed by atoms with Gasteiger partial charge in [-0.3, -0.25) is 9.78 Å². The maximum Gasteiger partial charge on any atom is 0.337 e. The topological polar surface area (TPSA) is 110 Å². The van der Waals surface area contributed by atoms with Crippen molar-refractivity contribution >= 4 is 40.2 Å². The molecule has 3 rings (SSSR count). The number of esters is 1. The lowest BCUT2D eigenvalue weighted by molar-refractivity contribution is 0.0601. The molecule has 0 aliphatic heterocycles. The van der Waals surface area contributed by atoms with Gasteiger partial charge in [-0.05, 0) is 25.1 Å². The smallest absolute Gasteiger partial charge is 0.337 e. The first-order valence-electron chi connectivity index (χ1n) is 6.87. The number of aromatic amines is 1. The molecule has 2 N–H and O–H groups in total. The Labute approximate surface area is 140 Å². The number of anilines is 2. The highest BCUT2D eigenvalue weighted by molar-refractivity contribution is 6.29.